The molecule has 0 unspecified atom stereocenters. The fourth-order valence-corrected chi connectivity index (χ4v) is 3.77. The first-order chi connectivity index (χ1) is 15.8. The van der Waals surface area contributed by atoms with E-state index in [1.807, 2.05) is 0 Å². The fourth-order valence-electron chi connectivity index (χ4n) is 3.48. The molecule has 0 atom stereocenters. The standard InChI is InChI=1S/C23H20F2N4O3S/c1-13-19(11-28(2)27-13)29-22(30)18(26-23(29)33)9-14-4-6-20(31-3)15(8-14)12-32-21-7-5-16(24)10-17(21)25/h4-11H,12H2,1-3H3,(H,26,33)/b18-9+. The summed E-state index contributed by atoms with van der Waals surface area (Å²) in [6, 6.07) is 8.33. The highest BCUT2D eigenvalue weighted by Crippen LogP contribution is 2.27. The number of rotatable bonds is 6. The number of hydrogen-bond donors (Lipinski definition) is 1. The Labute approximate surface area is 194 Å². The van der Waals surface area contributed by atoms with Crippen molar-refractivity contribution in [3.8, 4) is 11.5 Å². The van der Waals surface area contributed by atoms with Crippen LogP contribution in [0, 0.1) is 18.6 Å². The number of halogens is 2. The highest BCUT2D eigenvalue weighted by atomic mass is 32.1. The number of ether oxygens (including phenoxy) is 2. The summed E-state index contributed by atoms with van der Waals surface area (Å²) in [5, 5.41) is 7.46. The van der Waals surface area contributed by atoms with E-state index >= 15 is 0 Å². The number of aromatic nitrogens is 2. The van der Waals surface area contributed by atoms with Crippen LogP contribution in [0.4, 0.5) is 14.5 Å². The molecule has 0 aliphatic carbocycles. The van der Waals surface area contributed by atoms with Gasteiger partial charge in [0.05, 0.1) is 18.5 Å². The quantitative estimate of drug-likeness (QED) is 0.436. The first kappa shape index (κ1) is 22.4. The molecule has 4 rings (SSSR count). The lowest BCUT2D eigenvalue weighted by Crippen LogP contribution is -2.30. The molecule has 1 aliphatic rings. The van der Waals surface area contributed by atoms with Crippen LogP contribution in [0.2, 0.25) is 0 Å². The largest absolute Gasteiger partial charge is 0.496 e. The topological polar surface area (TPSA) is 68.6 Å². The van der Waals surface area contributed by atoms with E-state index in [-0.39, 0.29) is 23.4 Å². The van der Waals surface area contributed by atoms with E-state index in [0.29, 0.717) is 34.0 Å². The summed E-state index contributed by atoms with van der Waals surface area (Å²) in [5.74, 6) is -1.35. The van der Waals surface area contributed by atoms with Crippen LogP contribution in [0.15, 0.2) is 48.3 Å². The number of nitrogens with one attached hydrogen (secondary N) is 1. The Morgan fingerprint density at radius 1 is 1.18 bits per heavy atom. The minimum atomic E-state index is -0.799. The molecule has 1 saturated heterocycles. The van der Waals surface area contributed by atoms with Crippen molar-refractivity contribution in [1.82, 2.24) is 15.1 Å². The molecule has 1 aromatic heterocycles. The van der Waals surface area contributed by atoms with Crippen LogP contribution in [-0.2, 0) is 18.4 Å². The van der Waals surface area contributed by atoms with Crippen LogP contribution in [-0.4, -0.2) is 27.9 Å². The van der Waals surface area contributed by atoms with Crippen molar-refractivity contribution in [2.45, 2.75) is 13.5 Å². The number of methoxy groups -OCH3 is 1. The van der Waals surface area contributed by atoms with Gasteiger partial charge in [0.1, 0.15) is 23.9 Å². The molecule has 0 radical (unpaired) electrons. The van der Waals surface area contributed by atoms with E-state index in [2.05, 4.69) is 10.4 Å². The number of anilines is 1. The molecule has 7 nitrogen and oxygen atoms in total. The van der Waals surface area contributed by atoms with Crippen LogP contribution in [0.3, 0.4) is 0 Å². The fraction of sp³-hybridized carbons (Fsp3) is 0.174. The van der Waals surface area contributed by atoms with Gasteiger partial charge in [-0.2, -0.15) is 5.10 Å². The van der Waals surface area contributed by atoms with E-state index < -0.39 is 11.6 Å². The zero-order chi connectivity index (χ0) is 23.7. The van der Waals surface area contributed by atoms with Crippen molar-refractivity contribution in [3.63, 3.8) is 0 Å². The molecule has 10 heteroatoms. The zero-order valence-electron chi connectivity index (χ0n) is 18.1. The van der Waals surface area contributed by atoms with Crippen molar-refractivity contribution >= 4 is 35.0 Å². The monoisotopic (exact) mass is 470 g/mol. The van der Waals surface area contributed by atoms with Gasteiger partial charge in [0.25, 0.3) is 5.91 Å². The Balaban J connectivity index is 1.58. The number of benzene rings is 2. The lowest BCUT2D eigenvalue weighted by Gasteiger charge is -2.12. The van der Waals surface area contributed by atoms with Gasteiger partial charge in [-0.25, -0.2) is 13.7 Å². The lowest BCUT2D eigenvalue weighted by molar-refractivity contribution is -0.113. The third-order valence-electron chi connectivity index (χ3n) is 5.00. The first-order valence-electron chi connectivity index (χ1n) is 9.89. The summed E-state index contributed by atoms with van der Waals surface area (Å²) >= 11 is 5.36. The molecule has 1 amide bonds. The maximum atomic E-state index is 13.9. The third kappa shape index (κ3) is 4.56. The first-order valence-corrected chi connectivity index (χ1v) is 10.3. The van der Waals surface area contributed by atoms with Crippen LogP contribution in [0.25, 0.3) is 6.08 Å². The molecule has 1 aliphatic heterocycles. The van der Waals surface area contributed by atoms with Crippen molar-refractivity contribution in [3.05, 3.63) is 76.7 Å². The van der Waals surface area contributed by atoms with E-state index in [1.54, 1.807) is 49.1 Å². The number of thiocarbonyl (C=S) groups is 1. The average molecular weight is 471 g/mol. The number of aryl methyl sites for hydroxylation is 2. The number of carbonyl (C=O) groups is 1. The van der Waals surface area contributed by atoms with Gasteiger partial charge in [-0.1, -0.05) is 6.07 Å². The Bertz CT molecular complexity index is 1290. The molecular weight excluding hydrogens is 450 g/mol. The predicted octanol–water partition coefficient (Wildman–Crippen LogP) is 3.86. The normalized spacial score (nSPS) is 14.7. The zero-order valence-corrected chi connectivity index (χ0v) is 18.9. The maximum Gasteiger partial charge on any atom is 0.281 e. The summed E-state index contributed by atoms with van der Waals surface area (Å²) in [7, 11) is 3.27. The maximum absolute atomic E-state index is 13.9. The van der Waals surface area contributed by atoms with Gasteiger partial charge < -0.3 is 14.8 Å². The molecular formula is C23H20F2N4O3S. The Hall–Kier alpha value is -3.79. The van der Waals surface area contributed by atoms with Gasteiger partial charge in [0, 0.05) is 24.9 Å². The Kier molecular flexibility index (Phi) is 6.10. The molecule has 1 N–H and O–H groups in total. The van der Waals surface area contributed by atoms with Gasteiger partial charge in [-0.05, 0) is 55.0 Å². The van der Waals surface area contributed by atoms with Crippen LogP contribution >= 0.6 is 12.2 Å². The number of carbonyl (C=O) groups excluding carboxylic acids is 1. The molecule has 0 bridgehead atoms. The van der Waals surface area contributed by atoms with Crippen LogP contribution in [0.5, 0.6) is 11.5 Å². The van der Waals surface area contributed by atoms with E-state index in [1.165, 1.54) is 18.1 Å². The molecule has 2 aromatic carbocycles. The van der Waals surface area contributed by atoms with E-state index in [0.717, 1.165) is 12.1 Å². The number of hydrogen-bond acceptors (Lipinski definition) is 5. The third-order valence-corrected chi connectivity index (χ3v) is 5.28. The van der Waals surface area contributed by atoms with Crippen molar-refractivity contribution in [2.24, 2.45) is 7.05 Å². The molecule has 170 valence electrons. The van der Waals surface area contributed by atoms with Crippen molar-refractivity contribution in [2.75, 3.05) is 12.0 Å². The minimum Gasteiger partial charge on any atom is -0.496 e. The van der Waals surface area contributed by atoms with Gasteiger partial charge in [0.2, 0.25) is 0 Å². The Morgan fingerprint density at radius 2 is 1.94 bits per heavy atom. The number of nitrogens with zero attached hydrogens (tertiary/aromatic N) is 3. The van der Waals surface area contributed by atoms with E-state index in [4.69, 9.17) is 21.7 Å². The molecule has 0 saturated carbocycles. The van der Waals surface area contributed by atoms with Gasteiger partial charge in [-0.3, -0.25) is 9.48 Å². The highest BCUT2D eigenvalue weighted by molar-refractivity contribution is 7.80. The molecule has 2 heterocycles. The van der Waals surface area contributed by atoms with Crippen molar-refractivity contribution in [1.29, 1.82) is 0 Å². The second-order valence-electron chi connectivity index (χ2n) is 7.34. The van der Waals surface area contributed by atoms with E-state index in [9.17, 15) is 13.6 Å². The van der Waals surface area contributed by atoms with Gasteiger partial charge in [0.15, 0.2) is 16.7 Å². The Morgan fingerprint density at radius 3 is 2.61 bits per heavy atom. The summed E-state index contributed by atoms with van der Waals surface area (Å²) in [6.45, 7) is 1.77. The van der Waals surface area contributed by atoms with Gasteiger partial charge in [-0.15, -0.1) is 0 Å². The smallest absolute Gasteiger partial charge is 0.281 e. The summed E-state index contributed by atoms with van der Waals surface area (Å²) in [6.07, 6.45) is 3.38. The average Bonchev–Trinajstić information content (AvgIpc) is 3.23. The second-order valence-corrected chi connectivity index (χ2v) is 7.72. The molecule has 3 aromatic rings. The summed E-state index contributed by atoms with van der Waals surface area (Å²) in [4.78, 5) is 14.4. The molecule has 0 spiro atoms. The molecule has 33 heavy (non-hydrogen) atoms. The summed E-state index contributed by atoms with van der Waals surface area (Å²) < 4.78 is 39.5. The lowest BCUT2D eigenvalue weighted by atomic mass is 10.1. The molecule has 1 fully saturated rings. The summed E-state index contributed by atoms with van der Waals surface area (Å²) in [5.41, 5.74) is 2.87. The van der Waals surface area contributed by atoms with Crippen LogP contribution in [0.1, 0.15) is 16.8 Å². The van der Waals surface area contributed by atoms with Crippen molar-refractivity contribution < 1.29 is 23.0 Å². The predicted molar refractivity (Wildman–Crippen MR) is 123 cm³/mol. The number of amides is 1. The SMILES string of the molecule is COc1ccc(/C=C2/NC(=S)N(c3cn(C)nc3C)C2=O)cc1COc1ccc(F)cc1F. The van der Waals surface area contributed by atoms with Crippen LogP contribution < -0.4 is 19.7 Å². The second kappa shape index (κ2) is 8.99. The highest BCUT2D eigenvalue weighted by Gasteiger charge is 2.33. The van der Waals surface area contributed by atoms with Gasteiger partial charge >= 0.3 is 0 Å². The minimum absolute atomic E-state index is 0.0243.